The zero-order valence-electron chi connectivity index (χ0n) is 15.3. The third-order valence-electron chi connectivity index (χ3n) is 9.12. The molecule has 5 rings (SSSR count). The van der Waals surface area contributed by atoms with Crippen molar-refractivity contribution in [1.29, 1.82) is 0 Å². The van der Waals surface area contributed by atoms with Crippen LogP contribution in [0.5, 0.6) is 0 Å². The number of fused-ring (bicyclic) bond motifs is 3. The highest BCUT2D eigenvalue weighted by molar-refractivity contribution is 7.90. The highest BCUT2D eigenvalue weighted by Crippen LogP contribution is 2.70. The molecule has 7 heteroatoms. The van der Waals surface area contributed by atoms with Crippen molar-refractivity contribution < 1.29 is 23.1 Å². The normalized spacial score (nSPS) is 49.5. The Hall–Kier alpha value is -1.11. The van der Waals surface area contributed by atoms with Crippen LogP contribution in [0, 0.1) is 40.4 Å². The quantitative estimate of drug-likeness (QED) is 0.791. The molecular formula is C19H27NO5S. The zero-order chi connectivity index (χ0) is 18.6. The molecule has 1 saturated heterocycles. The number of hydrogen-bond acceptors (Lipinski definition) is 4. The second-order valence-electron chi connectivity index (χ2n) is 9.98. The first-order valence-electron chi connectivity index (χ1n) is 9.89. The zero-order valence-corrected chi connectivity index (χ0v) is 16.2. The van der Waals surface area contributed by atoms with Gasteiger partial charge in [-0.1, -0.05) is 13.8 Å². The molecule has 1 amide bonds. The summed E-state index contributed by atoms with van der Waals surface area (Å²) in [5.41, 5.74) is -0.427. The molecule has 144 valence electrons. The summed E-state index contributed by atoms with van der Waals surface area (Å²) in [6.45, 7) is 4.32. The van der Waals surface area contributed by atoms with Crippen molar-refractivity contribution >= 4 is 21.9 Å². The average Bonchev–Trinajstić information content (AvgIpc) is 3.28. The Kier molecular flexibility index (Phi) is 3.16. The van der Waals surface area contributed by atoms with Gasteiger partial charge in [0.25, 0.3) is 0 Å². The van der Waals surface area contributed by atoms with Gasteiger partial charge in [-0.15, -0.1) is 0 Å². The van der Waals surface area contributed by atoms with E-state index in [0.717, 1.165) is 38.5 Å². The Morgan fingerprint density at radius 3 is 2.31 bits per heavy atom. The minimum absolute atomic E-state index is 0.0298. The summed E-state index contributed by atoms with van der Waals surface area (Å²) in [5.74, 6) is -2.14. The van der Waals surface area contributed by atoms with Crippen molar-refractivity contribution in [2.45, 2.75) is 58.4 Å². The van der Waals surface area contributed by atoms with Crippen LogP contribution in [0.1, 0.15) is 52.4 Å². The second-order valence-corrected chi connectivity index (χ2v) is 11.8. The molecule has 1 aliphatic heterocycles. The van der Waals surface area contributed by atoms with Crippen LogP contribution >= 0.6 is 0 Å². The lowest BCUT2D eigenvalue weighted by Gasteiger charge is -2.38. The van der Waals surface area contributed by atoms with Crippen molar-refractivity contribution in [1.82, 2.24) is 4.31 Å². The Balaban J connectivity index is 1.54. The molecule has 5 fully saturated rings. The molecule has 0 aromatic heterocycles. The maximum Gasteiger partial charge on any atom is 0.307 e. The maximum atomic E-state index is 13.5. The van der Waals surface area contributed by atoms with Gasteiger partial charge in [-0.3, -0.25) is 9.59 Å². The SMILES string of the molecule is CC1(C)[C@@H]2CC[C@]13CS(=O)(=O)N(C(=O)[C@@H]1[C@@H]4CC[C@@H](C4)[C@H]1C(=O)O)[C@@H]3C2. The third kappa shape index (κ3) is 1.76. The molecule has 0 aromatic carbocycles. The van der Waals surface area contributed by atoms with Gasteiger partial charge in [-0.25, -0.2) is 12.7 Å². The van der Waals surface area contributed by atoms with Gasteiger partial charge in [0.1, 0.15) is 0 Å². The molecule has 4 saturated carbocycles. The predicted molar refractivity (Wildman–Crippen MR) is 93.4 cm³/mol. The summed E-state index contributed by atoms with van der Waals surface area (Å²) in [4.78, 5) is 25.3. The van der Waals surface area contributed by atoms with E-state index in [4.69, 9.17) is 0 Å². The van der Waals surface area contributed by atoms with E-state index in [-0.39, 0.29) is 34.5 Å². The minimum atomic E-state index is -3.67. The van der Waals surface area contributed by atoms with Crippen LogP contribution in [-0.4, -0.2) is 41.5 Å². The summed E-state index contributed by atoms with van der Waals surface area (Å²) in [6.07, 6.45) is 5.09. The van der Waals surface area contributed by atoms with Crippen LogP contribution in [0.2, 0.25) is 0 Å². The Labute approximate surface area is 154 Å². The van der Waals surface area contributed by atoms with E-state index in [1.54, 1.807) is 0 Å². The fourth-order valence-electron chi connectivity index (χ4n) is 7.73. The van der Waals surface area contributed by atoms with Crippen molar-refractivity contribution in [3.05, 3.63) is 0 Å². The summed E-state index contributed by atoms with van der Waals surface area (Å²) in [5, 5.41) is 9.68. The van der Waals surface area contributed by atoms with Crippen LogP contribution in [0.3, 0.4) is 0 Å². The molecule has 7 atom stereocenters. The van der Waals surface area contributed by atoms with Gasteiger partial charge in [0.2, 0.25) is 15.9 Å². The van der Waals surface area contributed by atoms with Crippen LogP contribution in [0.25, 0.3) is 0 Å². The lowest BCUT2D eigenvalue weighted by atomic mass is 9.69. The van der Waals surface area contributed by atoms with Crippen LogP contribution in [0.4, 0.5) is 0 Å². The highest BCUT2D eigenvalue weighted by atomic mass is 32.2. The molecule has 0 unspecified atom stereocenters. The molecule has 0 radical (unpaired) electrons. The number of amides is 1. The maximum absolute atomic E-state index is 13.5. The molecule has 26 heavy (non-hydrogen) atoms. The van der Waals surface area contributed by atoms with Gasteiger partial charge in [0, 0.05) is 5.41 Å². The summed E-state index contributed by atoms with van der Waals surface area (Å²) < 4.78 is 27.4. The molecule has 4 aliphatic carbocycles. The van der Waals surface area contributed by atoms with Crippen molar-refractivity contribution in [3.8, 4) is 0 Å². The van der Waals surface area contributed by atoms with Gasteiger partial charge in [0.15, 0.2) is 0 Å². The largest absolute Gasteiger partial charge is 0.481 e. The van der Waals surface area contributed by atoms with Gasteiger partial charge >= 0.3 is 5.97 Å². The first kappa shape index (κ1) is 17.0. The molecule has 0 aromatic rings. The first-order valence-corrected chi connectivity index (χ1v) is 11.5. The summed E-state index contributed by atoms with van der Waals surface area (Å²) in [6, 6.07) is -0.262. The molecular weight excluding hydrogens is 354 g/mol. The number of nitrogens with zero attached hydrogens (tertiary/aromatic N) is 1. The number of rotatable bonds is 2. The smallest absolute Gasteiger partial charge is 0.307 e. The Morgan fingerprint density at radius 1 is 1.04 bits per heavy atom. The standard InChI is InChI=1S/C19H27NO5S/c1-18(2)12-5-6-19(18)9-26(24,25)20(13(19)8-12)16(21)14-10-3-4-11(7-10)15(14)17(22)23/h10-15H,3-9H2,1-2H3,(H,22,23)/t10-,11+,12-,13-,14-,15-,19-/m1/s1. The number of sulfonamides is 1. The van der Waals surface area contributed by atoms with E-state index in [0.29, 0.717) is 5.92 Å². The molecule has 5 aliphatic rings. The van der Waals surface area contributed by atoms with Crippen LogP contribution < -0.4 is 0 Å². The van der Waals surface area contributed by atoms with Gasteiger partial charge in [-0.05, 0) is 61.7 Å². The molecule has 1 heterocycles. The first-order chi connectivity index (χ1) is 12.1. The number of carboxylic acids is 1. The minimum Gasteiger partial charge on any atom is -0.481 e. The molecule has 1 spiro atoms. The van der Waals surface area contributed by atoms with Crippen molar-refractivity contribution in [3.63, 3.8) is 0 Å². The number of carbonyl (C=O) groups is 2. The van der Waals surface area contributed by atoms with Gasteiger partial charge in [0.05, 0.1) is 23.6 Å². The van der Waals surface area contributed by atoms with Crippen molar-refractivity contribution in [2.24, 2.45) is 40.4 Å². The Bertz CT molecular complexity index is 805. The number of carboxylic acid groups (broad SMARTS) is 1. The van der Waals surface area contributed by atoms with E-state index in [1.165, 1.54) is 4.31 Å². The number of hydrogen-bond donors (Lipinski definition) is 1. The lowest BCUT2D eigenvalue weighted by Crippen LogP contribution is -2.49. The fourth-order valence-corrected chi connectivity index (χ4v) is 10.3. The topological polar surface area (TPSA) is 91.8 Å². The third-order valence-corrected chi connectivity index (χ3v) is 11.0. The molecule has 4 bridgehead atoms. The fraction of sp³-hybridized carbons (Fsp3) is 0.895. The van der Waals surface area contributed by atoms with E-state index in [1.807, 2.05) is 0 Å². The van der Waals surface area contributed by atoms with E-state index >= 15 is 0 Å². The van der Waals surface area contributed by atoms with Gasteiger partial charge in [-0.2, -0.15) is 0 Å². The van der Waals surface area contributed by atoms with E-state index < -0.39 is 33.7 Å². The van der Waals surface area contributed by atoms with Crippen molar-refractivity contribution in [2.75, 3.05) is 5.75 Å². The Morgan fingerprint density at radius 2 is 1.69 bits per heavy atom. The summed E-state index contributed by atoms with van der Waals surface area (Å²) in [7, 11) is -3.67. The lowest BCUT2D eigenvalue weighted by molar-refractivity contribution is -0.152. The second kappa shape index (κ2) is 4.83. The predicted octanol–water partition coefficient (Wildman–Crippen LogP) is 2.10. The van der Waals surface area contributed by atoms with E-state index in [2.05, 4.69) is 13.8 Å². The number of carbonyl (C=O) groups excluding carboxylic acids is 1. The van der Waals surface area contributed by atoms with Crippen LogP contribution in [-0.2, 0) is 19.6 Å². The average molecular weight is 381 g/mol. The monoisotopic (exact) mass is 381 g/mol. The number of aliphatic carboxylic acids is 1. The molecule has 1 N–H and O–H groups in total. The van der Waals surface area contributed by atoms with E-state index in [9.17, 15) is 23.1 Å². The van der Waals surface area contributed by atoms with Gasteiger partial charge < -0.3 is 5.11 Å². The molecule has 6 nitrogen and oxygen atoms in total. The van der Waals surface area contributed by atoms with Crippen LogP contribution in [0.15, 0.2) is 0 Å². The summed E-state index contributed by atoms with van der Waals surface area (Å²) >= 11 is 0. The highest BCUT2D eigenvalue weighted by Gasteiger charge is 2.73.